The van der Waals surface area contributed by atoms with Crippen molar-refractivity contribution in [2.45, 2.75) is 19.3 Å². The number of carbonyl (C=O) groups excluding carboxylic acids is 2. The Hall–Kier alpha value is -1.15. The first-order valence-corrected chi connectivity index (χ1v) is 5.36. The van der Waals surface area contributed by atoms with Crippen molar-refractivity contribution in [3.63, 3.8) is 0 Å². The number of benzene rings is 1. The summed E-state index contributed by atoms with van der Waals surface area (Å²) in [7, 11) is 0. The van der Waals surface area contributed by atoms with Crippen molar-refractivity contribution in [3.05, 3.63) is 34.9 Å². The van der Waals surface area contributed by atoms with Gasteiger partial charge in [0.05, 0.1) is 6.42 Å². The van der Waals surface area contributed by atoms with Crippen LogP contribution in [-0.4, -0.2) is 11.6 Å². The van der Waals surface area contributed by atoms with Crippen LogP contribution in [0, 0.1) is 5.92 Å². The topological polar surface area (TPSA) is 34.1 Å². The molecular formula is C12H11ClO2. The molecule has 0 amide bonds. The van der Waals surface area contributed by atoms with E-state index in [9.17, 15) is 9.59 Å². The minimum absolute atomic E-state index is 0.0340. The number of hydrogen-bond acceptors (Lipinski definition) is 2. The van der Waals surface area contributed by atoms with Crippen LogP contribution in [0.25, 0.3) is 0 Å². The van der Waals surface area contributed by atoms with E-state index in [4.69, 9.17) is 11.6 Å². The first kappa shape index (κ1) is 10.4. The van der Waals surface area contributed by atoms with Crippen molar-refractivity contribution in [2.75, 3.05) is 0 Å². The molecule has 0 radical (unpaired) electrons. The van der Waals surface area contributed by atoms with Gasteiger partial charge in [-0.15, -0.1) is 0 Å². The van der Waals surface area contributed by atoms with Gasteiger partial charge in [-0.05, 0) is 37.1 Å². The molecule has 1 aromatic carbocycles. The smallest absolute Gasteiger partial charge is 0.170 e. The third kappa shape index (κ3) is 2.66. The molecule has 0 unspecified atom stereocenters. The second-order valence-electron chi connectivity index (χ2n) is 3.85. The van der Waals surface area contributed by atoms with Gasteiger partial charge in [-0.1, -0.05) is 11.6 Å². The van der Waals surface area contributed by atoms with Crippen LogP contribution in [0.2, 0.25) is 5.02 Å². The molecule has 3 heteroatoms. The lowest BCUT2D eigenvalue weighted by atomic mass is 10.0. The van der Waals surface area contributed by atoms with Gasteiger partial charge < -0.3 is 0 Å². The molecule has 0 spiro atoms. The van der Waals surface area contributed by atoms with Crippen molar-refractivity contribution < 1.29 is 9.59 Å². The summed E-state index contributed by atoms with van der Waals surface area (Å²) < 4.78 is 0. The quantitative estimate of drug-likeness (QED) is 0.580. The van der Waals surface area contributed by atoms with E-state index in [-0.39, 0.29) is 23.9 Å². The van der Waals surface area contributed by atoms with Crippen LogP contribution < -0.4 is 0 Å². The Balaban J connectivity index is 2.00. The van der Waals surface area contributed by atoms with E-state index in [0.717, 1.165) is 12.8 Å². The Morgan fingerprint density at radius 3 is 2.33 bits per heavy atom. The van der Waals surface area contributed by atoms with Gasteiger partial charge in [-0.3, -0.25) is 9.59 Å². The van der Waals surface area contributed by atoms with Gasteiger partial charge in [-0.25, -0.2) is 0 Å². The minimum atomic E-state index is -0.108. The summed E-state index contributed by atoms with van der Waals surface area (Å²) in [6.45, 7) is 0. The molecule has 0 bridgehead atoms. The van der Waals surface area contributed by atoms with Crippen LogP contribution in [0.5, 0.6) is 0 Å². The predicted molar refractivity (Wildman–Crippen MR) is 58.1 cm³/mol. The van der Waals surface area contributed by atoms with E-state index in [2.05, 4.69) is 0 Å². The molecule has 1 saturated carbocycles. The van der Waals surface area contributed by atoms with Crippen molar-refractivity contribution >= 4 is 23.2 Å². The largest absolute Gasteiger partial charge is 0.299 e. The zero-order valence-corrected chi connectivity index (χ0v) is 8.96. The standard InChI is InChI=1S/C12H11ClO2/c13-10-5-3-9(4-6-10)12(15)7-11(14)8-1-2-8/h3-6,8H,1-2,7H2. The van der Waals surface area contributed by atoms with Crippen LogP contribution >= 0.6 is 11.6 Å². The van der Waals surface area contributed by atoms with E-state index >= 15 is 0 Å². The maximum atomic E-state index is 11.6. The number of hydrogen-bond donors (Lipinski definition) is 0. The third-order valence-electron chi connectivity index (χ3n) is 2.53. The molecule has 1 aromatic rings. The molecule has 0 aliphatic heterocycles. The van der Waals surface area contributed by atoms with E-state index < -0.39 is 0 Å². The van der Waals surface area contributed by atoms with E-state index in [1.54, 1.807) is 24.3 Å². The fraction of sp³-hybridized carbons (Fsp3) is 0.333. The number of Topliss-reactive ketones (excluding diaryl/α,β-unsaturated/α-hetero) is 2. The van der Waals surface area contributed by atoms with Gasteiger partial charge in [0.1, 0.15) is 5.78 Å². The lowest BCUT2D eigenvalue weighted by molar-refractivity contribution is -0.119. The average molecular weight is 223 g/mol. The fourth-order valence-electron chi connectivity index (χ4n) is 1.45. The highest BCUT2D eigenvalue weighted by Gasteiger charge is 2.30. The minimum Gasteiger partial charge on any atom is -0.299 e. The molecule has 1 aliphatic carbocycles. The van der Waals surface area contributed by atoms with E-state index in [1.165, 1.54) is 0 Å². The Labute approximate surface area is 93.2 Å². The van der Waals surface area contributed by atoms with Crippen LogP contribution in [0.3, 0.4) is 0 Å². The molecular weight excluding hydrogens is 212 g/mol. The number of rotatable bonds is 4. The summed E-state index contributed by atoms with van der Waals surface area (Å²) in [5, 5.41) is 0.597. The Kier molecular flexibility index (Phi) is 2.87. The summed E-state index contributed by atoms with van der Waals surface area (Å²) in [4.78, 5) is 23.0. The fourth-order valence-corrected chi connectivity index (χ4v) is 1.57. The highest BCUT2D eigenvalue weighted by atomic mass is 35.5. The van der Waals surface area contributed by atoms with Gasteiger partial charge in [0, 0.05) is 16.5 Å². The Morgan fingerprint density at radius 2 is 1.80 bits per heavy atom. The Morgan fingerprint density at radius 1 is 1.20 bits per heavy atom. The zero-order chi connectivity index (χ0) is 10.8. The van der Waals surface area contributed by atoms with Crippen molar-refractivity contribution in [3.8, 4) is 0 Å². The van der Waals surface area contributed by atoms with Gasteiger partial charge in [0.2, 0.25) is 0 Å². The zero-order valence-electron chi connectivity index (χ0n) is 8.20. The molecule has 0 saturated heterocycles. The second-order valence-corrected chi connectivity index (χ2v) is 4.28. The highest BCUT2D eigenvalue weighted by Crippen LogP contribution is 2.31. The lowest BCUT2D eigenvalue weighted by Crippen LogP contribution is -2.09. The van der Waals surface area contributed by atoms with Crippen molar-refractivity contribution in [2.24, 2.45) is 5.92 Å². The maximum Gasteiger partial charge on any atom is 0.170 e. The molecule has 78 valence electrons. The van der Waals surface area contributed by atoms with Gasteiger partial charge in [-0.2, -0.15) is 0 Å². The lowest BCUT2D eigenvalue weighted by Gasteiger charge is -1.99. The summed E-state index contributed by atoms with van der Waals surface area (Å²) in [6.07, 6.45) is 1.94. The van der Waals surface area contributed by atoms with E-state index in [0.29, 0.717) is 10.6 Å². The second kappa shape index (κ2) is 4.15. The first-order valence-electron chi connectivity index (χ1n) is 4.98. The van der Waals surface area contributed by atoms with Crippen molar-refractivity contribution in [1.82, 2.24) is 0 Å². The predicted octanol–water partition coefficient (Wildman–Crippen LogP) is 2.89. The van der Waals surface area contributed by atoms with Crippen LogP contribution in [0.4, 0.5) is 0 Å². The summed E-state index contributed by atoms with van der Waals surface area (Å²) in [6, 6.07) is 6.64. The third-order valence-corrected chi connectivity index (χ3v) is 2.79. The van der Waals surface area contributed by atoms with Crippen molar-refractivity contribution in [1.29, 1.82) is 0 Å². The highest BCUT2D eigenvalue weighted by molar-refractivity contribution is 6.30. The van der Waals surface area contributed by atoms with Gasteiger partial charge >= 0.3 is 0 Å². The van der Waals surface area contributed by atoms with Gasteiger partial charge in [0.15, 0.2) is 5.78 Å². The summed E-state index contributed by atoms with van der Waals surface area (Å²) in [5.41, 5.74) is 0.563. The number of carbonyl (C=O) groups is 2. The van der Waals surface area contributed by atoms with Crippen LogP contribution in [0.1, 0.15) is 29.6 Å². The molecule has 0 atom stereocenters. The molecule has 0 heterocycles. The molecule has 2 rings (SSSR count). The molecule has 0 aromatic heterocycles. The number of ketones is 2. The van der Waals surface area contributed by atoms with E-state index in [1.807, 2.05) is 0 Å². The summed E-state index contributed by atoms with van der Waals surface area (Å²) in [5.74, 6) is 0.125. The molecule has 2 nitrogen and oxygen atoms in total. The molecule has 1 aliphatic rings. The van der Waals surface area contributed by atoms with Crippen LogP contribution in [-0.2, 0) is 4.79 Å². The van der Waals surface area contributed by atoms with Gasteiger partial charge in [0.25, 0.3) is 0 Å². The normalized spacial score (nSPS) is 15.0. The number of halogens is 1. The molecule has 15 heavy (non-hydrogen) atoms. The average Bonchev–Trinajstić information content (AvgIpc) is 3.01. The SMILES string of the molecule is O=C(CC(=O)C1CC1)c1ccc(Cl)cc1. The van der Waals surface area contributed by atoms with Crippen LogP contribution in [0.15, 0.2) is 24.3 Å². The summed E-state index contributed by atoms with van der Waals surface area (Å²) >= 11 is 5.70. The molecule has 1 fully saturated rings. The Bertz CT molecular complexity index is 391. The monoisotopic (exact) mass is 222 g/mol. The first-order chi connectivity index (χ1) is 7.16. The molecule has 0 N–H and O–H groups in total. The maximum absolute atomic E-state index is 11.6.